The minimum Gasteiger partial charge on any atom is -0.356 e. The first-order chi connectivity index (χ1) is 15.7. The first-order valence-electron chi connectivity index (χ1n) is 11.0. The number of anilines is 1. The molecule has 7 nitrogen and oxygen atoms in total. The molecule has 0 saturated carbocycles. The number of rotatable bonds is 4. The van der Waals surface area contributed by atoms with Crippen molar-refractivity contribution in [3.63, 3.8) is 0 Å². The predicted molar refractivity (Wildman–Crippen MR) is 128 cm³/mol. The van der Waals surface area contributed by atoms with E-state index in [2.05, 4.69) is 32.8 Å². The Morgan fingerprint density at radius 1 is 1.22 bits per heavy atom. The van der Waals surface area contributed by atoms with E-state index in [0.717, 1.165) is 48.2 Å². The Bertz CT molecular complexity index is 1400. The summed E-state index contributed by atoms with van der Waals surface area (Å²) in [6, 6.07) is 12.2. The summed E-state index contributed by atoms with van der Waals surface area (Å²) in [6.07, 6.45) is 5.46. The zero-order valence-corrected chi connectivity index (χ0v) is 18.2. The normalized spacial score (nSPS) is 16.3. The molecular weight excluding hydrogens is 400 g/mol. The van der Waals surface area contributed by atoms with E-state index < -0.39 is 0 Å². The van der Waals surface area contributed by atoms with Crippen LogP contribution in [0.25, 0.3) is 21.8 Å². The number of hydrogen-bond donors (Lipinski definition) is 1. The number of benzene rings is 1. The molecule has 0 amide bonds. The minimum absolute atomic E-state index is 0.0878. The maximum Gasteiger partial charge on any atom is 0.278 e. The summed E-state index contributed by atoms with van der Waals surface area (Å²) in [6.45, 7) is 4.29. The van der Waals surface area contributed by atoms with Gasteiger partial charge in [0.15, 0.2) is 0 Å². The monoisotopic (exact) mass is 426 g/mol. The van der Waals surface area contributed by atoms with E-state index in [0.29, 0.717) is 24.1 Å². The third kappa shape index (κ3) is 3.63. The summed E-state index contributed by atoms with van der Waals surface area (Å²) in [5.41, 5.74) is 8.24. The molecule has 2 N–H and O–H groups in total. The Labute approximate surface area is 186 Å². The molecule has 1 unspecified atom stereocenters. The quantitative estimate of drug-likeness (QED) is 0.508. The molecule has 0 radical (unpaired) electrons. The van der Waals surface area contributed by atoms with Crippen molar-refractivity contribution in [1.82, 2.24) is 19.1 Å². The van der Waals surface area contributed by atoms with Crippen LogP contribution < -0.4 is 16.2 Å². The van der Waals surface area contributed by atoms with Gasteiger partial charge in [-0.05, 0) is 31.2 Å². The molecule has 162 valence electrons. The average molecular weight is 427 g/mol. The topological polar surface area (TPSA) is 82.0 Å². The van der Waals surface area contributed by atoms with Crippen LogP contribution in [0.5, 0.6) is 0 Å². The van der Waals surface area contributed by atoms with Gasteiger partial charge in [-0.2, -0.15) is 0 Å². The van der Waals surface area contributed by atoms with Gasteiger partial charge in [0.25, 0.3) is 5.56 Å². The fourth-order valence-corrected chi connectivity index (χ4v) is 4.55. The van der Waals surface area contributed by atoms with Gasteiger partial charge in [-0.25, -0.2) is 4.98 Å². The van der Waals surface area contributed by atoms with Gasteiger partial charge in [0, 0.05) is 36.8 Å². The van der Waals surface area contributed by atoms with Crippen LogP contribution in [-0.2, 0) is 13.1 Å². The molecule has 1 aliphatic rings. The van der Waals surface area contributed by atoms with Gasteiger partial charge in [0.05, 0.1) is 30.6 Å². The summed E-state index contributed by atoms with van der Waals surface area (Å²) in [5, 5.41) is 2.14. The van der Waals surface area contributed by atoms with Gasteiger partial charge < -0.3 is 15.2 Å². The third-order valence-corrected chi connectivity index (χ3v) is 6.13. The number of nitrogens with two attached hydrogens (primary N) is 1. The number of pyridine rings is 1. The molecule has 4 aromatic rings. The molecule has 32 heavy (non-hydrogen) atoms. The average Bonchev–Trinajstić information content (AvgIpc) is 3.19. The summed E-state index contributed by atoms with van der Waals surface area (Å²) in [7, 11) is 0. The third-order valence-electron chi connectivity index (χ3n) is 6.13. The highest BCUT2D eigenvalue weighted by molar-refractivity contribution is 5.84. The largest absolute Gasteiger partial charge is 0.356 e. The molecule has 1 fully saturated rings. The smallest absolute Gasteiger partial charge is 0.278 e. The van der Waals surface area contributed by atoms with Gasteiger partial charge in [-0.15, -0.1) is 5.92 Å². The van der Waals surface area contributed by atoms with Crippen LogP contribution >= 0.6 is 0 Å². The van der Waals surface area contributed by atoms with E-state index in [-0.39, 0.29) is 11.6 Å². The zero-order valence-electron chi connectivity index (χ0n) is 18.2. The van der Waals surface area contributed by atoms with Gasteiger partial charge in [-0.3, -0.25) is 14.3 Å². The maximum absolute atomic E-state index is 13.6. The number of fused-ring (bicyclic) bond motifs is 2. The van der Waals surface area contributed by atoms with E-state index in [9.17, 15) is 4.79 Å². The minimum atomic E-state index is -0.0878. The maximum atomic E-state index is 13.6. The molecule has 0 aliphatic carbocycles. The lowest BCUT2D eigenvalue weighted by Crippen LogP contribution is -2.43. The fraction of sp³-hybridized carbons (Fsp3) is 0.320. The molecule has 5 rings (SSSR count). The molecular formula is C25H26N6O. The first kappa shape index (κ1) is 20.3. The molecule has 7 heteroatoms. The van der Waals surface area contributed by atoms with E-state index in [1.54, 1.807) is 17.1 Å². The fourth-order valence-electron chi connectivity index (χ4n) is 4.55. The van der Waals surface area contributed by atoms with Crippen LogP contribution in [0.2, 0.25) is 0 Å². The van der Waals surface area contributed by atoms with Crippen LogP contribution in [0.4, 0.5) is 5.82 Å². The number of aromatic nitrogens is 4. The van der Waals surface area contributed by atoms with Crippen molar-refractivity contribution in [3.05, 3.63) is 65.0 Å². The van der Waals surface area contributed by atoms with Gasteiger partial charge in [0.2, 0.25) is 0 Å². The number of hydrogen-bond acceptors (Lipinski definition) is 5. The molecule has 4 heterocycles. The first-order valence-corrected chi connectivity index (χ1v) is 11.0. The SMILES string of the molecule is CC#CCn1c(N2CCCC(N)C2)cc2ncn(Cc3nccc4ccccc34)c(=O)c21. The van der Waals surface area contributed by atoms with E-state index in [4.69, 9.17) is 5.73 Å². The Balaban J connectivity index is 1.62. The van der Waals surface area contributed by atoms with Crippen molar-refractivity contribution in [2.45, 2.75) is 38.9 Å². The Morgan fingerprint density at radius 2 is 2.09 bits per heavy atom. The van der Waals surface area contributed by atoms with Crippen LogP contribution in [-0.4, -0.2) is 38.2 Å². The molecule has 0 bridgehead atoms. The predicted octanol–water partition coefficient (Wildman–Crippen LogP) is 2.75. The van der Waals surface area contributed by atoms with Crippen LogP contribution in [0, 0.1) is 11.8 Å². The van der Waals surface area contributed by atoms with Crippen LogP contribution in [0.3, 0.4) is 0 Å². The van der Waals surface area contributed by atoms with E-state index in [1.807, 2.05) is 41.8 Å². The van der Waals surface area contributed by atoms with Crippen molar-refractivity contribution < 1.29 is 0 Å². The highest BCUT2D eigenvalue weighted by Gasteiger charge is 2.23. The number of piperidine rings is 1. The second-order valence-electron chi connectivity index (χ2n) is 8.25. The summed E-state index contributed by atoms with van der Waals surface area (Å²) >= 11 is 0. The zero-order chi connectivity index (χ0) is 22.1. The van der Waals surface area contributed by atoms with Crippen molar-refractivity contribution in [2.75, 3.05) is 18.0 Å². The van der Waals surface area contributed by atoms with Gasteiger partial charge in [0.1, 0.15) is 11.3 Å². The summed E-state index contributed by atoms with van der Waals surface area (Å²) in [4.78, 5) is 25.0. The highest BCUT2D eigenvalue weighted by Crippen LogP contribution is 2.26. The standard InChI is InChI=1S/C25H26N6O/c1-2-3-13-31-23(29-12-6-8-19(26)15-29)14-21-24(31)25(32)30(17-28-21)16-22-20-9-5-4-7-18(20)10-11-27-22/h4-5,7,9-11,14,17,19H,6,8,12-13,15-16,26H2,1H3. The number of nitrogens with zero attached hydrogens (tertiary/aromatic N) is 5. The summed E-state index contributed by atoms with van der Waals surface area (Å²) < 4.78 is 3.63. The van der Waals surface area contributed by atoms with Crippen molar-refractivity contribution in [2.24, 2.45) is 5.73 Å². The highest BCUT2D eigenvalue weighted by atomic mass is 16.1. The second kappa shape index (κ2) is 8.48. The molecule has 3 aromatic heterocycles. The van der Waals surface area contributed by atoms with Gasteiger partial charge in [-0.1, -0.05) is 30.2 Å². The van der Waals surface area contributed by atoms with E-state index >= 15 is 0 Å². The molecule has 1 atom stereocenters. The van der Waals surface area contributed by atoms with Crippen LogP contribution in [0.15, 0.2) is 53.7 Å². The summed E-state index contributed by atoms with van der Waals surface area (Å²) in [5.74, 6) is 7.03. The van der Waals surface area contributed by atoms with Crippen molar-refractivity contribution >= 4 is 27.6 Å². The second-order valence-corrected chi connectivity index (χ2v) is 8.25. The van der Waals surface area contributed by atoms with Crippen LogP contribution in [0.1, 0.15) is 25.5 Å². The van der Waals surface area contributed by atoms with Gasteiger partial charge >= 0.3 is 0 Å². The molecule has 1 aromatic carbocycles. The lowest BCUT2D eigenvalue weighted by Gasteiger charge is -2.32. The van der Waals surface area contributed by atoms with E-state index in [1.165, 1.54) is 0 Å². The molecule has 1 aliphatic heterocycles. The molecule has 1 saturated heterocycles. The molecule has 0 spiro atoms. The Kier molecular flexibility index (Phi) is 5.38. The lowest BCUT2D eigenvalue weighted by atomic mass is 10.1. The van der Waals surface area contributed by atoms with Crippen molar-refractivity contribution in [3.8, 4) is 11.8 Å². The Hall–Kier alpha value is -3.63. The van der Waals surface area contributed by atoms with Crippen molar-refractivity contribution in [1.29, 1.82) is 0 Å². The Morgan fingerprint density at radius 3 is 2.94 bits per heavy atom. The lowest BCUT2D eigenvalue weighted by molar-refractivity contribution is 0.499.